The fourth-order valence-corrected chi connectivity index (χ4v) is 3.81. The molecule has 1 aromatic carbocycles. The van der Waals surface area contributed by atoms with Gasteiger partial charge in [-0.1, -0.05) is 11.6 Å². The van der Waals surface area contributed by atoms with Crippen molar-refractivity contribution in [3.63, 3.8) is 0 Å². The number of aryl methyl sites for hydroxylation is 1. The van der Waals surface area contributed by atoms with Gasteiger partial charge in [0.15, 0.2) is 0 Å². The lowest BCUT2D eigenvalue weighted by Gasteiger charge is -2.33. The maximum Gasteiger partial charge on any atom is 0.418 e. The third-order valence-electron chi connectivity index (χ3n) is 3.89. The van der Waals surface area contributed by atoms with Crippen LogP contribution in [0, 0.1) is 17.0 Å². The van der Waals surface area contributed by atoms with E-state index in [1.165, 1.54) is 11.3 Å². The molecule has 0 unspecified atom stereocenters. The number of thiazole rings is 1. The maximum absolute atomic E-state index is 13.0. The third-order valence-corrected chi connectivity index (χ3v) is 5.25. The molecular formula is C15H13ClF3N3O3S. The summed E-state index contributed by atoms with van der Waals surface area (Å²) in [5, 5.41) is 13.3. The highest BCUT2D eigenvalue weighted by molar-refractivity contribution is 7.09. The van der Waals surface area contributed by atoms with Gasteiger partial charge in [-0.15, -0.1) is 11.3 Å². The van der Waals surface area contributed by atoms with E-state index in [0.717, 1.165) is 11.8 Å². The van der Waals surface area contributed by atoms with Gasteiger partial charge in [0.1, 0.15) is 16.8 Å². The number of benzene rings is 1. The number of rotatable bonds is 3. The number of hydrogen-bond donors (Lipinski definition) is 0. The molecule has 0 spiro atoms. The Balaban J connectivity index is 1.97. The van der Waals surface area contributed by atoms with Crippen LogP contribution in [0.3, 0.4) is 0 Å². The minimum Gasteiger partial charge on any atom is -0.367 e. The van der Waals surface area contributed by atoms with Gasteiger partial charge < -0.3 is 9.64 Å². The molecule has 140 valence electrons. The summed E-state index contributed by atoms with van der Waals surface area (Å²) in [6.45, 7) is 2.62. The van der Waals surface area contributed by atoms with E-state index in [0.29, 0.717) is 17.6 Å². The highest BCUT2D eigenvalue weighted by Crippen LogP contribution is 2.42. The Morgan fingerprint density at radius 2 is 2.19 bits per heavy atom. The monoisotopic (exact) mass is 407 g/mol. The number of aromatic nitrogens is 1. The highest BCUT2D eigenvalue weighted by atomic mass is 35.5. The van der Waals surface area contributed by atoms with Crippen LogP contribution in [0.25, 0.3) is 0 Å². The van der Waals surface area contributed by atoms with E-state index in [4.69, 9.17) is 16.3 Å². The Bertz CT molecular complexity index is 843. The van der Waals surface area contributed by atoms with Gasteiger partial charge in [-0.05, 0) is 13.0 Å². The van der Waals surface area contributed by atoms with Crippen molar-refractivity contribution in [1.29, 1.82) is 0 Å². The Hall–Kier alpha value is -1.91. The second kappa shape index (κ2) is 7.01. The summed E-state index contributed by atoms with van der Waals surface area (Å²) in [6.07, 6.45) is -5.19. The van der Waals surface area contributed by atoms with Crippen LogP contribution in [-0.2, 0) is 10.9 Å². The van der Waals surface area contributed by atoms with Crippen molar-refractivity contribution in [1.82, 2.24) is 4.98 Å². The number of anilines is 1. The first-order valence-corrected chi connectivity index (χ1v) is 8.76. The van der Waals surface area contributed by atoms with Crippen LogP contribution in [-0.4, -0.2) is 29.6 Å². The van der Waals surface area contributed by atoms with Gasteiger partial charge in [-0.25, -0.2) is 4.98 Å². The molecule has 26 heavy (non-hydrogen) atoms. The fraction of sp³-hybridized carbons (Fsp3) is 0.400. The zero-order chi connectivity index (χ0) is 19.1. The van der Waals surface area contributed by atoms with E-state index in [1.807, 2.05) is 12.3 Å². The van der Waals surface area contributed by atoms with Crippen molar-refractivity contribution >= 4 is 34.3 Å². The van der Waals surface area contributed by atoms with E-state index >= 15 is 0 Å². The smallest absolute Gasteiger partial charge is 0.367 e. The van der Waals surface area contributed by atoms with E-state index in [9.17, 15) is 23.3 Å². The maximum atomic E-state index is 13.0. The van der Waals surface area contributed by atoms with Crippen LogP contribution < -0.4 is 4.90 Å². The van der Waals surface area contributed by atoms with Crippen LogP contribution in [0.4, 0.5) is 24.5 Å². The zero-order valence-corrected chi connectivity index (χ0v) is 15.0. The zero-order valence-electron chi connectivity index (χ0n) is 13.4. The molecule has 0 amide bonds. The summed E-state index contributed by atoms with van der Waals surface area (Å²) < 4.78 is 44.7. The van der Waals surface area contributed by atoms with Gasteiger partial charge in [0.25, 0.3) is 5.69 Å². The minimum atomic E-state index is -4.77. The van der Waals surface area contributed by atoms with Crippen LogP contribution in [0.15, 0.2) is 17.5 Å². The van der Waals surface area contributed by atoms with Gasteiger partial charge in [0.2, 0.25) is 0 Å². The number of morpholine rings is 1. The lowest BCUT2D eigenvalue weighted by atomic mass is 10.1. The summed E-state index contributed by atoms with van der Waals surface area (Å²) >= 11 is 7.16. The molecule has 1 aromatic heterocycles. The molecule has 2 aromatic rings. The molecule has 1 atom stereocenters. The van der Waals surface area contributed by atoms with Crippen LogP contribution >= 0.6 is 22.9 Å². The molecule has 1 fully saturated rings. The molecule has 6 nitrogen and oxygen atoms in total. The normalized spacial score (nSPS) is 18.2. The summed E-state index contributed by atoms with van der Waals surface area (Å²) in [4.78, 5) is 16.5. The molecule has 11 heteroatoms. The molecule has 0 bridgehead atoms. The van der Waals surface area contributed by atoms with E-state index < -0.39 is 33.5 Å². The molecule has 1 saturated heterocycles. The Kier molecular flexibility index (Phi) is 5.09. The highest BCUT2D eigenvalue weighted by Gasteiger charge is 2.37. The van der Waals surface area contributed by atoms with E-state index in [-0.39, 0.29) is 18.8 Å². The number of nitrogens with zero attached hydrogens (tertiary/aromatic N) is 3. The Morgan fingerprint density at radius 1 is 1.46 bits per heavy atom. The second-order valence-corrected chi connectivity index (χ2v) is 7.01. The van der Waals surface area contributed by atoms with Gasteiger partial charge >= 0.3 is 6.18 Å². The van der Waals surface area contributed by atoms with Gasteiger partial charge in [-0.3, -0.25) is 10.1 Å². The van der Waals surface area contributed by atoms with Gasteiger partial charge in [-0.2, -0.15) is 13.2 Å². The molecular weight excluding hydrogens is 395 g/mol. The van der Waals surface area contributed by atoms with E-state index in [2.05, 4.69) is 4.98 Å². The first-order valence-electron chi connectivity index (χ1n) is 7.50. The average molecular weight is 408 g/mol. The molecule has 2 heterocycles. The number of nitro benzene ring substituents is 1. The van der Waals surface area contributed by atoms with Crippen molar-refractivity contribution in [2.45, 2.75) is 19.2 Å². The lowest BCUT2D eigenvalue weighted by Crippen LogP contribution is -2.38. The second-order valence-electron chi connectivity index (χ2n) is 5.71. The Morgan fingerprint density at radius 3 is 2.77 bits per heavy atom. The van der Waals surface area contributed by atoms with Crippen molar-refractivity contribution in [2.75, 3.05) is 24.6 Å². The summed E-state index contributed by atoms with van der Waals surface area (Å²) in [5.74, 6) is 0. The van der Waals surface area contributed by atoms with E-state index in [1.54, 1.807) is 4.90 Å². The lowest BCUT2D eigenvalue weighted by molar-refractivity contribution is -0.384. The first-order chi connectivity index (χ1) is 12.2. The van der Waals surface area contributed by atoms with Gasteiger partial charge in [0.05, 0.1) is 28.7 Å². The average Bonchev–Trinajstić information content (AvgIpc) is 3.00. The predicted molar refractivity (Wildman–Crippen MR) is 90.9 cm³/mol. The van der Waals surface area contributed by atoms with Crippen LogP contribution in [0.1, 0.15) is 22.4 Å². The minimum absolute atomic E-state index is 0.0366. The summed E-state index contributed by atoms with van der Waals surface area (Å²) in [7, 11) is 0. The number of ether oxygens (including phenoxy) is 1. The van der Waals surface area contributed by atoms with Crippen LogP contribution in [0.2, 0.25) is 5.02 Å². The molecule has 0 aliphatic carbocycles. The van der Waals surface area contributed by atoms with Crippen molar-refractivity contribution in [3.8, 4) is 0 Å². The Labute approximate surface area is 155 Å². The predicted octanol–water partition coefficient (Wildman–Crippen LogP) is 4.61. The third kappa shape index (κ3) is 3.76. The number of nitro groups is 1. The molecule has 0 N–H and O–H groups in total. The summed E-state index contributed by atoms with van der Waals surface area (Å²) in [5.41, 5.74) is -1.00. The van der Waals surface area contributed by atoms with Crippen LogP contribution in [0.5, 0.6) is 0 Å². The largest absolute Gasteiger partial charge is 0.418 e. The van der Waals surface area contributed by atoms with Gasteiger partial charge in [0, 0.05) is 23.7 Å². The molecule has 3 rings (SSSR count). The molecule has 0 saturated carbocycles. The summed E-state index contributed by atoms with van der Waals surface area (Å²) in [6, 6.07) is 1.48. The standard InChI is InChI=1S/C15H13ClF3N3O3S/c1-8-7-26-14(20-8)13-6-21(2-3-25-13)11-5-10(16)9(15(17,18)19)4-12(11)22(23)24/h4-5,7,13H,2-3,6H2,1H3/t13-/m1/s1. The quantitative estimate of drug-likeness (QED) is 0.549. The molecule has 0 radical (unpaired) electrons. The number of alkyl halides is 3. The number of hydrogen-bond acceptors (Lipinski definition) is 6. The van der Waals surface area contributed by atoms with Crippen molar-refractivity contribution in [3.05, 3.63) is 48.9 Å². The van der Waals surface area contributed by atoms with Crippen molar-refractivity contribution < 1.29 is 22.8 Å². The van der Waals surface area contributed by atoms with Crippen molar-refractivity contribution in [2.24, 2.45) is 0 Å². The molecule has 1 aliphatic heterocycles. The first kappa shape index (κ1) is 18.9. The number of halogens is 4. The topological polar surface area (TPSA) is 68.5 Å². The molecule has 1 aliphatic rings. The SMILES string of the molecule is Cc1csc([C@H]2CN(c3cc(Cl)c(C(F)(F)F)cc3[N+](=O)[O-])CCO2)n1. The fourth-order valence-electron chi connectivity index (χ4n) is 2.71.